The molecule has 4 heteroatoms. The molecule has 0 bridgehead atoms. The van der Waals surface area contributed by atoms with Crippen molar-refractivity contribution >= 4 is 0 Å². The SMILES string of the molecule is CC(C)CNCCNCCNCCNCC(C)C. The highest BCUT2D eigenvalue weighted by atomic mass is 15.0. The van der Waals surface area contributed by atoms with Gasteiger partial charge in [-0.05, 0) is 24.9 Å². The summed E-state index contributed by atoms with van der Waals surface area (Å²) in [5.74, 6) is 1.48. The van der Waals surface area contributed by atoms with Crippen LogP contribution in [0.2, 0.25) is 0 Å². The Bertz CT molecular complexity index is 142. The second-order valence-electron chi connectivity index (χ2n) is 5.70. The van der Waals surface area contributed by atoms with Gasteiger partial charge in [0.25, 0.3) is 0 Å². The van der Waals surface area contributed by atoms with Gasteiger partial charge in [-0.15, -0.1) is 0 Å². The molecule has 0 saturated heterocycles. The predicted octanol–water partition coefficient (Wildman–Crippen LogP) is 0.657. The molecule has 0 fully saturated rings. The van der Waals surface area contributed by atoms with Gasteiger partial charge < -0.3 is 21.3 Å². The molecule has 4 nitrogen and oxygen atoms in total. The van der Waals surface area contributed by atoms with Gasteiger partial charge in [0, 0.05) is 39.3 Å². The Kier molecular flexibility index (Phi) is 13.2. The minimum absolute atomic E-state index is 0.741. The van der Waals surface area contributed by atoms with E-state index < -0.39 is 0 Å². The average Bonchev–Trinajstić information content (AvgIpc) is 2.29. The Balaban J connectivity index is 2.95. The smallest absolute Gasteiger partial charge is 0.00772 e. The zero-order chi connectivity index (χ0) is 13.6. The molecule has 0 amide bonds. The summed E-state index contributed by atoms with van der Waals surface area (Å²) in [6.07, 6.45) is 0. The molecular weight excluding hydrogens is 224 g/mol. The summed E-state index contributed by atoms with van der Waals surface area (Å²) in [4.78, 5) is 0. The van der Waals surface area contributed by atoms with Gasteiger partial charge in [-0.25, -0.2) is 0 Å². The number of nitrogens with one attached hydrogen (secondary N) is 4. The second-order valence-corrected chi connectivity index (χ2v) is 5.70. The van der Waals surface area contributed by atoms with Crippen LogP contribution in [0.4, 0.5) is 0 Å². The molecule has 18 heavy (non-hydrogen) atoms. The van der Waals surface area contributed by atoms with Crippen LogP contribution in [-0.2, 0) is 0 Å². The van der Waals surface area contributed by atoms with Crippen molar-refractivity contribution in [3.8, 4) is 0 Å². The van der Waals surface area contributed by atoms with Gasteiger partial charge in [0.05, 0.1) is 0 Å². The van der Waals surface area contributed by atoms with Crippen molar-refractivity contribution in [3.05, 3.63) is 0 Å². The lowest BCUT2D eigenvalue weighted by atomic mass is 10.2. The van der Waals surface area contributed by atoms with Crippen molar-refractivity contribution < 1.29 is 0 Å². The summed E-state index contributed by atoms with van der Waals surface area (Å²) in [6.45, 7) is 17.5. The first kappa shape index (κ1) is 17.8. The molecule has 0 spiro atoms. The van der Waals surface area contributed by atoms with E-state index in [0.29, 0.717) is 0 Å². The molecule has 0 aromatic carbocycles. The molecule has 0 heterocycles. The molecule has 0 rings (SSSR count). The first-order valence-electron chi connectivity index (χ1n) is 7.45. The summed E-state index contributed by atoms with van der Waals surface area (Å²) >= 11 is 0. The molecule has 0 aliphatic heterocycles. The number of hydrogen-bond donors (Lipinski definition) is 4. The van der Waals surface area contributed by atoms with Crippen molar-refractivity contribution in [2.75, 3.05) is 52.4 Å². The minimum atomic E-state index is 0.741. The zero-order valence-electron chi connectivity index (χ0n) is 12.8. The van der Waals surface area contributed by atoms with Crippen molar-refractivity contribution in [2.45, 2.75) is 27.7 Å². The summed E-state index contributed by atoms with van der Waals surface area (Å²) < 4.78 is 0. The third kappa shape index (κ3) is 15.8. The lowest BCUT2D eigenvalue weighted by Gasteiger charge is -2.10. The standard InChI is InChI=1S/C14H34N4/c1-13(2)11-17-9-7-15-5-6-16-8-10-18-12-14(3)4/h13-18H,5-12H2,1-4H3. The fraction of sp³-hybridized carbons (Fsp3) is 1.00. The van der Waals surface area contributed by atoms with E-state index in [-0.39, 0.29) is 0 Å². The normalized spacial score (nSPS) is 11.7. The summed E-state index contributed by atoms with van der Waals surface area (Å²) in [7, 11) is 0. The van der Waals surface area contributed by atoms with Crippen molar-refractivity contribution in [2.24, 2.45) is 11.8 Å². The van der Waals surface area contributed by atoms with Crippen LogP contribution in [0.1, 0.15) is 27.7 Å². The zero-order valence-corrected chi connectivity index (χ0v) is 12.8. The van der Waals surface area contributed by atoms with Gasteiger partial charge in [0.1, 0.15) is 0 Å². The molecule has 0 aromatic heterocycles. The first-order valence-corrected chi connectivity index (χ1v) is 7.45. The topological polar surface area (TPSA) is 48.1 Å². The van der Waals surface area contributed by atoms with E-state index in [1.54, 1.807) is 0 Å². The fourth-order valence-corrected chi connectivity index (χ4v) is 1.56. The minimum Gasteiger partial charge on any atom is -0.315 e. The molecule has 110 valence electrons. The number of hydrogen-bond acceptors (Lipinski definition) is 4. The highest BCUT2D eigenvalue weighted by Gasteiger charge is 1.93. The third-order valence-corrected chi connectivity index (χ3v) is 2.54. The van der Waals surface area contributed by atoms with E-state index >= 15 is 0 Å². The van der Waals surface area contributed by atoms with E-state index in [1.165, 1.54) is 0 Å². The Hall–Kier alpha value is -0.160. The maximum absolute atomic E-state index is 3.42. The Morgan fingerprint density at radius 1 is 0.500 bits per heavy atom. The largest absolute Gasteiger partial charge is 0.315 e. The van der Waals surface area contributed by atoms with Gasteiger partial charge in [0.2, 0.25) is 0 Å². The molecular formula is C14H34N4. The van der Waals surface area contributed by atoms with E-state index in [4.69, 9.17) is 0 Å². The van der Waals surface area contributed by atoms with Crippen LogP contribution in [0.5, 0.6) is 0 Å². The van der Waals surface area contributed by atoms with Crippen LogP contribution >= 0.6 is 0 Å². The lowest BCUT2D eigenvalue weighted by Crippen LogP contribution is -2.36. The molecule has 0 saturated carbocycles. The van der Waals surface area contributed by atoms with E-state index in [0.717, 1.165) is 64.2 Å². The average molecular weight is 258 g/mol. The highest BCUT2D eigenvalue weighted by Crippen LogP contribution is 1.85. The maximum Gasteiger partial charge on any atom is 0.00772 e. The van der Waals surface area contributed by atoms with Crippen LogP contribution in [-0.4, -0.2) is 52.4 Å². The van der Waals surface area contributed by atoms with Crippen molar-refractivity contribution in [1.29, 1.82) is 0 Å². The Morgan fingerprint density at radius 2 is 0.778 bits per heavy atom. The quantitative estimate of drug-likeness (QED) is 0.367. The van der Waals surface area contributed by atoms with E-state index in [9.17, 15) is 0 Å². The van der Waals surface area contributed by atoms with Gasteiger partial charge in [0.15, 0.2) is 0 Å². The van der Waals surface area contributed by atoms with Crippen LogP contribution in [0.15, 0.2) is 0 Å². The van der Waals surface area contributed by atoms with Crippen molar-refractivity contribution in [3.63, 3.8) is 0 Å². The summed E-state index contributed by atoms with van der Waals surface area (Å²) in [6, 6.07) is 0. The van der Waals surface area contributed by atoms with Gasteiger partial charge in [-0.3, -0.25) is 0 Å². The first-order chi connectivity index (χ1) is 8.63. The highest BCUT2D eigenvalue weighted by molar-refractivity contribution is 4.58. The molecule has 4 N–H and O–H groups in total. The van der Waals surface area contributed by atoms with Gasteiger partial charge in [-0.2, -0.15) is 0 Å². The van der Waals surface area contributed by atoms with Gasteiger partial charge >= 0.3 is 0 Å². The van der Waals surface area contributed by atoms with Crippen LogP contribution in [0.25, 0.3) is 0 Å². The molecule has 0 aliphatic rings. The molecule has 0 unspecified atom stereocenters. The summed E-state index contributed by atoms with van der Waals surface area (Å²) in [5.41, 5.74) is 0. The van der Waals surface area contributed by atoms with Crippen LogP contribution < -0.4 is 21.3 Å². The van der Waals surface area contributed by atoms with E-state index in [1.807, 2.05) is 0 Å². The predicted molar refractivity (Wildman–Crippen MR) is 81.2 cm³/mol. The third-order valence-electron chi connectivity index (χ3n) is 2.54. The van der Waals surface area contributed by atoms with Crippen LogP contribution in [0.3, 0.4) is 0 Å². The molecule has 0 atom stereocenters. The Labute approximate surface area is 114 Å². The maximum atomic E-state index is 3.42. The molecule has 0 aromatic rings. The number of rotatable bonds is 13. The molecule has 0 aliphatic carbocycles. The Morgan fingerprint density at radius 3 is 1.06 bits per heavy atom. The van der Waals surface area contributed by atoms with Gasteiger partial charge in [-0.1, -0.05) is 27.7 Å². The second kappa shape index (κ2) is 13.3. The summed E-state index contributed by atoms with van der Waals surface area (Å²) in [5, 5.41) is 13.7. The van der Waals surface area contributed by atoms with Crippen molar-refractivity contribution in [1.82, 2.24) is 21.3 Å². The monoisotopic (exact) mass is 258 g/mol. The molecule has 0 radical (unpaired) electrons. The van der Waals surface area contributed by atoms with E-state index in [2.05, 4.69) is 49.0 Å². The lowest BCUT2D eigenvalue weighted by molar-refractivity contribution is 0.518. The van der Waals surface area contributed by atoms with Crippen LogP contribution in [0, 0.1) is 11.8 Å². The fourth-order valence-electron chi connectivity index (χ4n) is 1.56.